The molecule has 0 saturated heterocycles. The molecule has 0 aliphatic heterocycles. The molecule has 134 valence electrons. The van der Waals surface area contributed by atoms with E-state index in [1.165, 1.54) is 19.1 Å². The molecule has 8 heteroatoms. The first-order valence-electron chi connectivity index (χ1n) is 7.51. The number of halogens is 1. The number of rotatable bonds is 6. The summed E-state index contributed by atoms with van der Waals surface area (Å²) in [4.78, 5) is 16.1. The zero-order valence-corrected chi connectivity index (χ0v) is 17.2. The van der Waals surface area contributed by atoms with E-state index in [1.54, 1.807) is 36.6 Å². The van der Waals surface area contributed by atoms with Crippen LogP contribution >= 0.6 is 39.2 Å². The third kappa shape index (κ3) is 4.38. The summed E-state index contributed by atoms with van der Waals surface area (Å²) in [5, 5.41) is 0.954. The first-order chi connectivity index (χ1) is 12.6. The lowest BCUT2D eigenvalue weighted by Crippen LogP contribution is -2.02. The normalized spacial score (nSPS) is 10.4. The summed E-state index contributed by atoms with van der Waals surface area (Å²) >= 11 is 6.47. The summed E-state index contributed by atoms with van der Waals surface area (Å²) < 4.78 is 15.4. The summed E-state index contributed by atoms with van der Waals surface area (Å²) in [5.41, 5.74) is 2.28. The lowest BCUT2D eigenvalue weighted by molar-refractivity contribution is 0.0600. The molecule has 26 heavy (non-hydrogen) atoms. The van der Waals surface area contributed by atoms with Crippen LogP contribution in [0.2, 0.25) is 0 Å². The van der Waals surface area contributed by atoms with Crippen LogP contribution in [0.5, 0.6) is 5.75 Å². The molecule has 0 unspecified atom stereocenters. The summed E-state index contributed by atoms with van der Waals surface area (Å²) in [6, 6.07) is 13.2. The van der Waals surface area contributed by atoms with Gasteiger partial charge in [-0.3, -0.25) is 0 Å². The Morgan fingerprint density at radius 1 is 1.19 bits per heavy atom. The standard InChI is InChI=1S/C18H15BrN2O3S2/c1-23-15-9-12(18(22)24-2)5-8-14(15)21-26-16-10-20-17(25-16)11-3-6-13(19)7-4-11/h3-10,21H,1-2H3. The minimum atomic E-state index is -0.399. The van der Waals surface area contributed by atoms with Crippen LogP contribution in [0.1, 0.15) is 10.4 Å². The molecule has 0 amide bonds. The quantitative estimate of drug-likeness (QED) is 0.395. The van der Waals surface area contributed by atoms with Crippen LogP contribution in [-0.4, -0.2) is 25.2 Å². The number of nitrogens with zero attached hydrogens (tertiary/aromatic N) is 1. The van der Waals surface area contributed by atoms with Gasteiger partial charge in [0, 0.05) is 10.0 Å². The Morgan fingerprint density at radius 3 is 2.65 bits per heavy atom. The molecule has 1 aromatic heterocycles. The molecule has 0 aliphatic carbocycles. The molecule has 0 aliphatic rings. The van der Waals surface area contributed by atoms with Crippen LogP contribution in [0.4, 0.5) is 5.69 Å². The van der Waals surface area contributed by atoms with Crippen molar-refractivity contribution in [3.8, 4) is 16.3 Å². The van der Waals surface area contributed by atoms with E-state index in [9.17, 15) is 4.79 Å². The Kier molecular flexibility index (Phi) is 6.18. The number of methoxy groups -OCH3 is 2. The highest BCUT2D eigenvalue weighted by molar-refractivity contribution is 9.10. The highest BCUT2D eigenvalue weighted by atomic mass is 79.9. The second-order valence-corrected chi connectivity index (χ2v) is 8.15. The van der Waals surface area contributed by atoms with Crippen LogP contribution in [0, 0.1) is 0 Å². The molecule has 3 aromatic rings. The van der Waals surface area contributed by atoms with Crippen LogP contribution in [0.25, 0.3) is 10.6 Å². The Balaban J connectivity index is 1.71. The van der Waals surface area contributed by atoms with E-state index in [2.05, 4.69) is 25.6 Å². The molecule has 0 atom stereocenters. The van der Waals surface area contributed by atoms with Crippen molar-refractivity contribution in [2.24, 2.45) is 0 Å². The number of esters is 1. The molecule has 3 rings (SSSR count). The first kappa shape index (κ1) is 18.8. The van der Waals surface area contributed by atoms with Gasteiger partial charge < -0.3 is 14.2 Å². The van der Waals surface area contributed by atoms with Gasteiger partial charge in [0.05, 0.1) is 31.7 Å². The lowest BCUT2D eigenvalue weighted by atomic mass is 10.2. The van der Waals surface area contributed by atoms with Crippen molar-refractivity contribution < 1.29 is 14.3 Å². The minimum absolute atomic E-state index is 0.399. The Morgan fingerprint density at radius 2 is 1.96 bits per heavy atom. The summed E-state index contributed by atoms with van der Waals surface area (Å²) in [6.45, 7) is 0. The third-order valence-electron chi connectivity index (χ3n) is 3.46. The molecule has 0 saturated carbocycles. The number of aromatic nitrogens is 1. The molecule has 0 radical (unpaired) electrons. The lowest BCUT2D eigenvalue weighted by Gasteiger charge is -2.10. The summed E-state index contributed by atoms with van der Waals surface area (Å²) in [7, 11) is 2.91. The van der Waals surface area contributed by atoms with Gasteiger partial charge in [0.25, 0.3) is 0 Å². The van der Waals surface area contributed by atoms with Gasteiger partial charge in [0.15, 0.2) is 0 Å². The number of anilines is 1. The zero-order chi connectivity index (χ0) is 18.5. The van der Waals surface area contributed by atoms with Gasteiger partial charge in [0.2, 0.25) is 0 Å². The van der Waals surface area contributed by atoms with E-state index in [0.29, 0.717) is 11.3 Å². The fourth-order valence-electron chi connectivity index (χ4n) is 2.16. The smallest absolute Gasteiger partial charge is 0.337 e. The number of hydrogen-bond acceptors (Lipinski definition) is 7. The van der Waals surface area contributed by atoms with E-state index in [1.807, 2.05) is 30.5 Å². The largest absolute Gasteiger partial charge is 0.495 e. The van der Waals surface area contributed by atoms with Crippen molar-refractivity contribution >= 4 is 50.9 Å². The molecular weight excluding hydrogens is 436 g/mol. The molecule has 1 N–H and O–H groups in total. The SMILES string of the molecule is COC(=O)c1ccc(NSc2cnc(-c3ccc(Br)cc3)s2)c(OC)c1. The van der Waals surface area contributed by atoms with Gasteiger partial charge in [-0.15, -0.1) is 11.3 Å². The van der Waals surface area contributed by atoms with Crippen LogP contribution in [-0.2, 0) is 4.74 Å². The maximum Gasteiger partial charge on any atom is 0.337 e. The number of carbonyl (C=O) groups excluding carboxylic acids is 1. The molecule has 0 bridgehead atoms. The van der Waals surface area contributed by atoms with E-state index >= 15 is 0 Å². The van der Waals surface area contributed by atoms with Crippen LogP contribution in [0.3, 0.4) is 0 Å². The van der Waals surface area contributed by atoms with Crippen molar-refractivity contribution in [2.75, 3.05) is 18.9 Å². The van der Waals surface area contributed by atoms with Gasteiger partial charge in [-0.1, -0.05) is 28.1 Å². The Labute approximate surface area is 168 Å². The van der Waals surface area contributed by atoms with Gasteiger partial charge in [-0.2, -0.15) is 0 Å². The van der Waals surface area contributed by atoms with Gasteiger partial charge >= 0.3 is 5.97 Å². The predicted octanol–water partition coefficient (Wildman–Crippen LogP) is 5.49. The number of ether oxygens (including phenoxy) is 2. The number of nitrogens with one attached hydrogen (secondary N) is 1. The molecule has 1 heterocycles. The molecule has 5 nitrogen and oxygen atoms in total. The first-order valence-corrected chi connectivity index (χ1v) is 9.94. The number of thiazole rings is 1. The van der Waals surface area contributed by atoms with Crippen molar-refractivity contribution in [2.45, 2.75) is 4.21 Å². The van der Waals surface area contributed by atoms with Crippen LogP contribution < -0.4 is 9.46 Å². The van der Waals surface area contributed by atoms with Gasteiger partial charge in [0.1, 0.15) is 15.0 Å². The van der Waals surface area contributed by atoms with Crippen molar-refractivity contribution in [1.29, 1.82) is 0 Å². The maximum atomic E-state index is 11.6. The molecular formula is C18H15BrN2O3S2. The van der Waals surface area contributed by atoms with Crippen molar-refractivity contribution in [3.05, 3.63) is 58.7 Å². The average molecular weight is 451 g/mol. The van der Waals surface area contributed by atoms with E-state index < -0.39 is 5.97 Å². The van der Waals surface area contributed by atoms with E-state index in [0.717, 1.165) is 24.9 Å². The minimum Gasteiger partial charge on any atom is -0.495 e. The van der Waals surface area contributed by atoms with Gasteiger partial charge in [-0.05, 0) is 42.3 Å². The molecule has 0 spiro atoms. The van der Waals surface area contributed by atoms with Gasteiger partial charge in [-0.25, -0.2) is 9.78 Å². The third-order valence-corrected chi connectivity index (χ3v) is 5.96. The Hall–Kier alpha value is -2.03. The monoisotopic (exact) mass is 450 g/mol. The summed E-state index contributed by atoms with van der Waals surface area (Å²) in [6.07, 6.45) is 1.83. The van der Waals surface area contributed by atoms with E-state index in [-0.39, 0.29) is 0 Å². The average Bonchev–Trinajstić information content (AvgIpc) is 3.15. The number of benzene rings is 2. The molecule has 0 fully saturated rings. The topological polar surface area (TPSA) is 60.5 Å². The fraction of sp³-hybridized carbons (Fsp3) is 0.111. The highest BCUT2D eigenvalue weighted by Gasteiger charge is 2.11. The van der Waals surface area contributed by atoms with E-state index in [4.69, 9.17) is 9.47 Å². The summed E-state index contributed by atoms with van der Waals surface area (Å²) in [5.74, 6) is 0.169. The second kappa shape index (κ2) is 8.57. The number of carbonyl (C=O) groups is 1. The Bertz CT molecular complexity index is 913. The zero-order valence-electron chi connectivity index (χ0n) is 14.0. The predicted molar refractivity (Wildman–Crippen MR) is 109 cm³/mol. The van der Waals surface area contributed by atoms with Crippen molar-refractivity contribution in [3.63, 3.8) is 0 Å². The maximum absolute atomic E-state index is 11.6. The highest BCUT2D eigenvalue weighted by Crippen LogP contribution is 2.35. The molecule has 2 aromatic carbocycles. The number of hydrogen-bond donors (Lipinski definition) is 1. The second-order valence-electron chi connectivity index (χ2n) is 5.10. The van der Waals surface area contributed by atoms with Crippen molar-refractivity contribution in [1.82, 2.24) is 4.98 Å². The van der Waals surface area contributed by atoms with Crippen LogP contribution in [0.15, 0.2) is 57.3 Å². The fourth-order valence-corrected chi connectivity index (χ4v) is 4.09.